The van der Waals surface area contributed by atoms with Crippen molar-refractivity contribution in [2.75, 3.05) is 7.11 Å². The van der Waals surface area contributed by atoms with Crippen LogP contribution in [0.1, 0.15) is 25.0 Å². The molecule has 0 saturated carbocycles. The number of carboxylic acid groups (broad SMARTS) is 1. The molecule has 0 bridgehead atoms. The average Bonchev–Trinajstić information content (AvgIpc) is 2.81. The van der Waals surface area contributed by atoms with Gasteiger partial charge in [0.1, 0.15) is 18.3 Å². The number of aliphatic hydroxyl groups excluding tert-OH is 3. The van der Waals surface area contributed by atoms with Crippen molar-refractivity contribution < 1.29 is 49.6 Å². The predicted octanol–water partition coefficient (Wildman–Crippen LogP) is 1.43. The van der Waals surface area contributed by atoms with Gasteiger partial charge in [0.05, 0.1) is 7.11 Å². The van der Waals surface area contributed by atoms with Crippen LogP contribution in [0.15, 0.2) is 36.4 Å². The van der Waals surface area contributed by atoms with Gasteiger partial charge in [0, 0.05) is 0 Å². The number of rotatable bonds is 9. The lowest BCUT2D eigenvalue weighted by Crippen LogP contribution is -2.61. The zero-order chi connectivity index (χ0) is 25.9. The summed E-state index contributed by atoms with van der Waals surface area (Å²) in [7, 11) is 1.50. The second-order valence-electron chi connectivity index (χ2n) is 9.02. The van der Waals surface area contributed by atoms with E-state index in [0.717, 1.165) is 17.5 Å². The third-order valence-electron chi connectivity index (χ3n) is 6.41. The van der Waals surface area contributed by atoms with Crippen LogP contribution in [0.5, 0.6) is 23.0 Å². The molecule has 6 N–H and O–H groups in total. The van der Waals surface area contributed by atoms with Crippen molar-refractivity contribution in [1.82, 2.24) is 0 Å². The molecular formula is C25H32O10. The summed E-state index contributed by atoms with van der Waals surface area (Å²) in [5.74, 6) is -0.815. The Hall–Kier alpha value is -3.05. The van der Waals surface area contributed by atoms with Gasteiger partial charge >= 0.3 is 5.97 Å². The molecule has 10 nitrogen and oxygen atoms in total. The Kier molecular flexibility index (Phi) is 8.44. The number of carbonyl (C=O) groups is 1. The lowest BCUT2D eigenvalue weighted by molar-refractivity contribution is -0.271. The summed E-state index contributed by atoms with van der Waals surface area (Å²) < 4.78 is 15.7. The van der Waals surface area contributed by atoms with E-state index in [1.54, 1.807) is 12.1 Å². The number of hydrogen-bond donors (Lipinski definition) is 6. The molecule has 1 aliphatic heterocycles. The normalized spacial score (nSPS) is 26.1. The van der Waals surface area contributed by atoms with Gasteiger partial charge in [-0.25, -0.2) is 4.79 Å². The number of aliphatic hydroxyl groups is 3. The topological polar surface area (TPSA) is 166 Å². The number of methoxy groups -OCH3 is 1. The first-order valence-electron chi connectivity index (χ1n) is 11.3. The predicted molar refractivity (Wildman–Crippen MR) is 123 cm³/mol. The summed E-state index contributed by atoms with van der Waals surface area (Å²) in [4.78, 5) is 11.2. The van der Waals surface area contributed by atoms with Crippen LogP contribution >= 0.6 is 0 Å². The number of aliphatic carboxylic acids is 1. The minimum atomic E-state index is -1.83. The van der Waals surface area contributed by atoms with E-state index in [1.165, 1.54) is 19.2 Å². The molecule has 1 heterocycles. The van der Waals surface area contributed by atoms with E-state index in [2.05, 4.69) is 13.8 Å². The molecule has 1 aliphatic rings. The highest BCUT2D eigenvalue weighted by atomic mass is 16.7. The van der Waals surface area contributed by atoms with Crippen molar-refractivity contribution in [3.63, 3.8) is 0 Å². The standard InChI is InChI=1S/C25H32O10/c1-12(13(2)9-15-4-6-16(26)19(11-15)33-3)8-14-5-7-18(17(27)10-14)34-25-22(30)20(28)21(29)23(35-25)24(31)32/h4-7,10-13,20-23,25-30H,8-9H2,1-3H3,(H,31,32)/t12-,13+,20-,21-,22+,23-,25+/m0/s1. The first kappa shape index (κ1) is 26.6. The molecule has 3 rings (SSSR count). The Balaban J connectivity index is 1.64. The smallest absolute Gasteiger partial charge is 0.335 e. The summed E-state index contributed by atoms with van der Waals surface area (Å²) in [6.07, 6.45) is -7.33. The Labute approximate surface area is 202 Å². The fourth-order valence-electron chi connectivity index (χ4n) is 4.06. The number of hydrogen-bond acceptors (Lipinski definition) is 9. The third-order valence-corrected chi connectivity index (χ3v) is 6.41. The minimum absolute atomic E-state index is 0.0672. The molecule has 10 heteroatoms. The maximum Gasteiger partial charge on any atom is 0.335 e. The number of benzene rings is 2. The molecule has 2 aromatic rings. The van der Waals surface area contributed by atoms with Crippen molar-refractivity contribution >= 4 is 5.97 Å². The quantitative estimate of drug-likeness (QED) is 0.301. The van der Waals surface area contributed by atoms with Gasteiger partial charge in [0.15, 0.2) is 29.1 Å². The van der Waals surface area contributed by atoms with E-state index >= 15 is 0 Å². The molecule has 1 saturated heterocycles. The number of ether oxygens (including phenoxy) is 3. The average molecular weight is 493 g/mol. The highest BCUT2D eigenvalue weighted by Crippen LogP contribution is 2.33. The van der Waals surface area contributed by atoms with Crippen molar-refractivity contribution in [2.45, 2.75) is 57.4 Å². The van der Waals surface area contributed by atoms with Crippen molar-refractivity contribution in [3.8, 4) is 23.0 Å². The van der Waals surface area contributed by atoms with E-state index in [0.29, 0.717) is 12.2 Å². The van der Waals surface area contributed by atoms with Crippen LogP contribution in [0, 0.1) is 11.8 Å². The molecular weight excluding hydrogens is 460 g/mol. The second-order valence-corrected chi connectivity index (χ2v) is 9.02. The summed E-state index contributed by atoms with van der Waals surface area (Å²) in [6.45, 7) is 4.20. The monoisotopic (exact) mass is 492 g/mol. The SMILES string of the molecule is COc1cc(C[C@@H](C)[C@@H](C)Cc2ccc(O[C@@H]3O[C@H](C(=O)O)[C@@H](O)[C@H](O)[C@H]3O)c(O)c2)ccc1O. The van der Waals surface area contributed by atoms with E-state index in [9.17, 15) is 30.3 Å². The van der Waals surface area contributed by atoms with E-state index in [1.807, 2.05) is 12.1 Å². The van der Waals surface area contributed by atoms with Gasteiger partial charge in [0.25, 0.3) is 0 Å². The van der Waals surface area contributed by atoms with Crippen molar-refractivity contribution in [3.05, 3.63) is 47.5 Å². The Bertz CT molecular complexity index is 1030. The van der Waals surface area contributed by atoms with Gasteiger partial charge in [-0.1, -0.05) is 26.0 Å². The number of carboxylic acids is 1. The van der Waals surface area contributed by atoms with E-state index < -0.39 is 36.7 Å². The minimum Gasteiger partial charge on any atom is -0.504 e. The second kappa shape index (κ2) is 11.1. The third kappa shape index (κ3) is 6.15. The Morgan fingerprint density at radius 2 is 1.49 bits per heavy atom. The lowest BCUT2D eigenvalue weighted by atomic mass is 9.85. The van der Waals surface area contributed by atoms with Crippen molar-refractivity contribution in [1.29, 1.82) is 0 Å². The van der Waals surface area contributed by atoms with Crippen molar-refractivity contribution in [2.24, 2.45) is 11.8 Å². The molecule has 0 radical (unpaired) electrons. The van der Waals surface area contributed by atoms with Gasteiger partial charge in [-0.05, 0) is 60.1 Å². The van der Waals surface area contributed by atoms with Crippen LogP contribution in [-0.4, -0.2) is 74.4 Å². The van der Waals surface area contributed by atoms with E-state index in [4.69, 9.17) is 19.3 Å². The number of phenols is 2. The molecule has 0 aliphatic carbocycles. The molecule has 192 valence electrons. The van der Waals surface area contributed by atoms with Crippen LogP contribution in [0.25, 0.3) is 0 Å². The van der Waals surface area contributed by atoms with Gasteiger partial charge in [0.2, 0.25) is 6.29 Å². The molecule has 0 aromatic heterocycles. The van der Waals surface area contributed by atoms with Crippen LogP contribution in [-0.2, 0) is 22.4 Å². The first-order chi connectivity index (χ1) is 16.5. The van der Waals surface area contributed by atoms with Crippen LogP contribution in [0.3, 0.4) is 0 Å². The van der Waals surface area contributed by atoms with Crippen LogP contribution in [0.4, 0.5) is 0 Å². The fourth-order valence-corrected chi connectivity index (χ4v) is 4.06. The van der Waals surface area contributed by atoms with E-state index in [-0.39, 0.29) is 29.1 Å². The molecule has 7 atom stereocenters. The van der Waals surface area contributed by atoms with Crippen LogP contribution < -0.4 is 9.47 Å². The van der Waals surface area contributed by atoms with Gasteiger partial charge in [-0.15, -0.1) is 0 Å². The fraction of sp³-hybridized carbons (Fsp3) is 0.480. The lowest BCUT2D eigenvalue weighted by Gasteiger charge is -2.38. The maximum absolute atomic E-state index is 11.2. The Morgan fingerprint density at radius 3 is 2.06 bits per heavy atom. The first-order valence-corrected chi connectivity index (χ1v) is 11.3. The summed E-state index contributed by atoms with van der Waals surface area (Å²) in [5.41, 5.74) is 1.87. The molecule has 0 spiro atoms. The van der Waals surface area contributed by atoms with Gasteiger partial charge in [-0.2, -0.15) is 0 Å². The maximum atomic E-state index is 11.2. The molecule has 0 amide bonds. The zero-order valence-electron chi connectivity index (χ0n) is 19.7. The summed E-state index contributed by atoms with van der Waals surface area (Å²) in [5, 5.41) is 59.2. The number of aromatic hydroxyl groups is 2. The largest absolute Gasteiger partial charge is 0.504 e. The number of phenolic OH excluding ortho intramolecular Hbond substituents is 2. The molecule has 35 heavy (non-hydrogen) atoms. The molecule has 0 unspecified atom stereocenters. The zero-order valence-corrected chi connectivity index (χ0v) is 19.7. The van der Waals surface area contributed by atoms with Gasteiger partial charge in [-0.3, -0.25) is 0 Å². The van der Waals surface area contributed by atoms with Gasteiger partial charge < -0.3 is 44.8 Å². The molecule has 1 fully saturated rings. The Morgan fingerprint density at radius 1 is 0.886 bits per heavy atom. The molecule has 2 aromatic carbocycles. The highest BCUT2D eigenvalue weighted by Gasteiger charge is 2.48. The van der Waals surface area contributed by atoms with Crippen LogP contribution in [0.2, 0.25) is 0 Å². The highest BCUT2D eigenvalue weighted by molar-refractivity contribution is 5.73. The summed E-state index contributed by atoms with van der Waals surface area (Å²) in [6, 6.07) is 9.98. The summed E-state index contributed by atoms with van der Waals surface area (Å²) >= 11 is 0.